The van der Waals surface area contributed by atoms with Crippen molar-refractivity contribution < 1.29 is 14.6 Å². The van der Waals surface area contributed by atoms with Gasteiger partial charge in [0.05, 0.1) is 18.6 Å². The average molecular weight is 236 g/mol. The Hall–Kier alpha value is -1.35. The Morgan fingerprint density at radius 3 is 2.18 bits per heavy atom. The highest BCUT2D eigenvalue weighted by atomic mass is 16.5. The summed E-state index contributed by atoms with van der Waals surface area (Å²) in [5, 5.41) is 10.5. The number of methoxy groups -OCH3 is 1. The van der Waals surface area contributed by atoms with E-state index < -0.39 is 17.5 Å². The first kappa shape index (κ1) is 13.7. The molecule has 0 aliphatic rings. The summed E-state index contributed by atoms with van der Waals surface area (Å²) in [6.45, 7) is 7.25. The standard InChI is InChI=1S/C14H20O3/c1-9-6-10(2)8-12(7-9)14(4,16)11(3)13(15)17-5/h6-8,11,16H,1-5H3. The van der Waals surface area contributed by atoms with Crippen LogP contribution < -0.4 is 0 Å². The van der Waals surface area contributed by atoms with E-state index in [-0.39, 0.29) is 0 Å². The van der Waals surface area contributed by atoms with E-state index in [1.54, 1.807) is 13.8 Å². The molecule has 0 radical (unpaired) electrons. The van der Waals surface area contributed by atoms with Crippen LogP contribution in [0.5, 0.6) is 0 Å². The number of esters is 1. The maximum atomic E-state index is 11.5. The van der Waals surface area contributed by atoms with Crippen LogP contribution in [0.4, 0.5) is 0 Å². The summed E-state index contributed by atoms with van der Waals surface area (Å²) in [5.74, 6) is -1.01. The van der Waals surface area contributed by atoms with E-state index in [2.05, 4.69) is 4.74 Å². The summed E-state index contributed by atoms with van der Waals surface area (Å²) in [5.41, 5.74) is 1.66. The minimum atomic E-state index is -1.22. The minimum Gasteiger partial charge on any atom is -0.469 e. The van der Waals surface area contributed by atoms with E-state index in [1.165, 1.54) is 7.11 Å². The zero-order valence-electron chi connectivity index (χ0n) is 11.1. The molecule has 1 rings (SSSR count). The van der Waals surface area contributed by atoms with Gasteiger partial charge in [0.1, 0.15) is 0 Å². The fourth-order valence-corrected chi connectivity index (χ4v) is 1.92. The van der Waals surface area contributed by atoms with Gasteiger partial charge in [-0.1, -0.05) is 29.3 Å². The molecule has 3 heteroatoms. The maximum absolute atomic E-state index is 11.5. The van der Waals surface area contributed by atoms with Gasteiger partial charge in [-0.3, -0.25) is 4.79 Å². The highest BCUT2D eigenvalue weighted by Gasteiger charge is 2.36. The van der Waals surface area contributed by atoms with Crippen LogP contribution >= 0.6 is 0 Å². The van der Waals surface area contributed by atoms with Gasteiger partial charge in [-0.05, 0) is 33.3 Å². The van der Waals surface area contributed by atoms with Gasteiger partial charge < -0.3 is 9.84 Å². The lowest BCUT2D eigenvalue weighted by atomic mass is 9.83. The van der Waals surface area contributed by atoms with E-state index in [4.69, 9.17) is 0 Å². The van der Waals surface area contributed by atoms with Gasteiger partial charge in [0.25, 0.3) is 0 Å². The molecule has 1 aromatic rings. The molecular weight excluding hydrogens is 216 g/mol. The van der Waals surface area contributed by atoms with Crippen molar-refractivity contribution in [2.75, 3.05) is 7.11 Å². The molecule has 0 amide bonds. The van der Waals surface area contributed by atoms with Gasteiger partial charge >= 0.3 is 5.97 Å². The molecule has 0 aromatic heterocycles. The number of hydrogen-bond donors (Lipinski definition) is 1. The van der Waals surface area contributed by atoms with Crippen molar-refractivity contribution in [1.29, 1.82) is 0 Å². The van der Waals surface area contributed by atoms with E-state index >= 15 is 0 Å². The van der Waals surface area contributed by atoms with Crippen molar-refractivity contribution in [2.45, 2.75) is 33.3 Å². The number of aliphatic hydroxyl groups is 1. The predicted molar refractivity (Wildman–Crippen MR) is 66.7 cm³/mol. The van der Waals surface area contributed by atoms with Crippen LogP contribution in [-0.2, 0) is 15.1 Å². The number of hydrogen-bond acceptors (Lipinski definition) is 3. The number of benzene rings is 1. The molecule has 0 saturated carbocycles. The lowest BCUT2D eigenvalue weighted by molar-refractivity contribution is -0.154. The first-order valence-electron chi connectivity index (χ1n) is 5.68. The molecular formula is C14H20O3. The zero-order valence-corrected chi connectivity index (χ0v) is 11.1. The Morgan fingerprint density at radius 2 is 1.76 bits per heavy atom. The molecule has 0 aliphatic carbocycles. The van der Waals surface area contributed by atoms with Crippen molar-refractivity contribution in [1.82, 2.24) is 0 Å². The molecule has 0 bridgehead atoms. The second-order valence-electron chi connectivity index (χ2n) is 4.77. The van der Waals surface area contributed by atoms with Gasteiger partial charge in [-0.15, -0.1) is 0 Å². The van der Waals surface area contributed by atoms with Crippen molar-refractivity contribution in [3.8, 4) is 0 Å². The Morgan fingerprint density at radius 1 is 1.29 bits per heavy atom. The fourth-order valence-electron chi connectivity index (χ4n) is 1.92. The lowest BCUT2D eigenvalue weighted by Crippen LogP contribution is -2.36. The smallest absolute Gasteiger partial charge is 0.311 e. The second-order valence-corrected chi connectivity index (χ2v) is 4.77. The van der Waals surface area contributed by atoms with Gasteiger partial charge in [-0.2, -0.15) is 0 Å². The van der Waals surface area contributed by atoms with E-state index in [0.717, 1.165) is 16.7 Å². The van der Waals surface area contributed by atoms with Crippen LogP contribution in [0.3, 0.4) is 0 Å². The normalized spacial score (nSPS) is 16.1. The molecule has 94 valence electrons. The number of ether oxygens (including phenoxy) is 1. The molecule has 1 aromatic carbocycles. The summed E-state index contributed by atoms with van der Waals surface area (Å²) >= 11 is 0. The third kappa shape index (κ3) is 2.86. The first-order valence-corrected chi connectivity index (χ1v) is 5.68. The molecule has 17 heavy (non-hydrogen) atoms. The van der Waals surface area contributed by atoms with Crippen LogP contribution in [-0.4, -0.2) is 18.2 Å². The summed E-state index contributed by atoms with van der Waals surface area (Å²) < 4.78 is 4.68. The van der Waals surface area contributed by atoms with E-state index in [1.807, 2.05) is 32.0 Å². The largest absolute Gasteiger partial charge is 0.469 e. The van der Waals surface area contributed by atoms with Crippen LogP contribution in [0.15, 0.2) is 18.2 Å². The Kier molecular flexibility index (Phi) is 3.94. The number of carbonyl (C=O) groups is 1. The Labute approximate surface area is 102 Å². The van der Waals surface area contributed by atoms with Crippen LogP contribution in [0.2, 0.25) is 0 Å². The molecule has 2 atom stereocenters. The SMILES string of the molecule is COC(=O)C(C)C(C)(O)c1cc(C)cc(C)c1. The molecule has 2 unspecified atom stereocenters. The van der Waals surface area contributed by atoms with E-state index in [9.17, 15) is 9.90 Å². The number of aryl methyl sites for hydroxylation is 2. The third-order valence-electron chi connectivity index (χ3n) is 3.20. The quantitative estimate of drug-likeness (QED) is 0.819. The molecule has 3 nitrogen and oxygen atoms in total. The molecule has 0 aliphatic heterocycles. The highest BCUT2D eigenvalue weighted by Crippen LogP contribution is 2.31. The predicted octanol–water partition coefficient (Wildman–Crippen LogP) is 2.32. The molecule has 0 heterocycles. The topological polar surface area (TPSA) is 46.5 Å². The summed E-state index contributed by atoms with van der Waals surface area (Å²) in [6.07, 6.45) is 0. The number of carbonyl (C=O) groups excluding carboxylic acids is 1. The number of rotatable bonds is 3. The third-order valence-corrected chi connectivity index (χ3v) is 3.20. The van der Waals surface area contributed by atoms with Crippen LogP contribution in [0, 0.1) is 19.8 Å². The van der Waals surface area contributed by atoms with Gasteiger partial charge in [0.2, 0.25) is 0 Å². The lowest BCUT2D eigenvalue weighted by Gasteiger charge is -2.29. The fraction of sp³-hybridized carbons (Fsp3) is 0.500. The summed E-state index contributed by atoms with van der Waals surface area (Å²) in [4.78, 5) is 11.5. The molecule has 0 fully saturated rings. The van der Waals surface area contributed by atoms with Crippen molar-refractivity contribution >= 4 is 5.97 Å². The minimum absolute atomic E-state index is 0.408. The second kappa shape index (κ2) is 4.88. The van der Waals surface area contributed by atoms with Gasteiger partial charge in [0, 0.05) is 0 Å². The van der Waals surface area contributed by atoms with Crippen LogP contribution in [0.25, 0.3) is 0 Å². The molecule has 0 saturated heterocycles. The molecule has 1 N–H and O–H groups in total. The summed E-state index contributed by atoms with van der Waals surface area (Å²) in [6, 6.07) is 5.82. The van der Waals surface area contributed by atoms with E-state index in [0.29, 0.717) is 0 Å². The Balaban J connectivity index is 3.15. The van der Waals surface area contributed by atoms with Gasteiger partial charge in [-0.25, -0.2) is 0 Å². The maximum Gasteiger partial charge on any atom is 0.311 e. The highest BCUT2D eigenvalue weighted by molar-refractivity contribution is 5.73. The van der Waals surface area contributed by atoms with Crippen LogP contribution in [0.1, 0.15) is 30.5 Å². The molecule has 0 spiro atoms. The van der Waals surface area contributed by atoms with Crippen molar-refractivity contribution in [2.24, 2.45) is 5.92 Å². The first-order chi connectivity index (χ1) is 7.78. The monoisotopic (exact) mass is 236 g/mol. The van der Waals surface area contributed by atoms with Gasteiger partial charge in [0.15, 0.2) is 0 Å². The zero-order chi connectivity index (χ0) is 13.2. The average Bonchev–Trinajstić information content (AvgIpc) is 2.25. The summed E-state index contributed by atoms with van der Waals surface area (Å²) in [7, 11) is 1.33. The Bertz CT molecular complexity index is 401. The van der Waals surface area contributed by atoms with Crippen molar-refractivity contribution in [3.63, 3.8) is 0 Å². The van der Waals surface area contributed by atoms with Crippen molar-refractivity contribution in [3.05, 3.63) is 34.9 Å².